The molecule has 7 heteroatoms. The fraction of sp³-hybridized carbons (Fsp3) is 0.217. The number of pyridine rings is 1. The minimum Gasteiger partial charge on any atom is -0.454 e. The Morgan fingerprint density at radius 3 is 2.33 bits per heavy atom. The number of rotatable bonds is 5. The Labute approximate surface area is 181 Å². The van der Waals surface area contributed by atoms with Gasteiger partial charge in [-0.05, 0) is 42.0 Å². The van der Waals surface area contributed by atoms with Gasteiger partial charge in [-0.2, -0.15) is 0 Å². The SMILES string of the molecule is O=C(Nc1ccccc1Oc1ccccc1Cl)N1CCN(Cc2ccncc2)CC1. The van der Waals surface area contributed by atoms with Crippen LogP contribution >= 0.6 is 11.6 Å². The van der Waals surface area contributed by atoms with E-state index >= 15 is 0 Å². The third-order valence-corrected chi connectivity index (χ3v) is 5.31. The van der Waals surface area contributed by atoms with Gasteiger partial charge in [-0.3, -0.25) is 9.88 Å². The molecule has 3 aromatic rings. The van der Waals surface area contributed by atoms with Gasteiger partial charge in [-0.1, -0.05) is 35.9 Å². The molecular formula is C23H23ClN4O2. The highest BCUT2D eigenvalue weighted by atomic mass is 35.5. The lowest BCUT2D eigenvalue weighted by Crippen LogP contribution is -2.49. The highest BCUT2D eigenvalue weighted by Gasteiger charge is 2.22. The number of carbonyl (C=O) groups excluding carboxylic acids is 1. The van der Waals surface area contributed by atoms with E-state index in [9.17, 15) is 4.79 Å². The predicted octanol–water partition coefficient (Wildman–Crippen LogP) is 4.88. The molecule has 0 aliphatic carbocycles. The molecular weight excluding hydrogens is 400 g/mol. The van der Waals surface area contributed by atoms with Crippen molar-refractivity contribution in [2.45, 2.75) is 6.54 Å². The number of para-hydroxylation sites is 3. The van der Waals surface area contributed by atoms with E-state index in [-0.39, 0.29) is 6.03 Å². The molecule has 0 unspecified atom stereocenters. The fourth-order valence-electron chi connectivity index (χ4n) is 3.35. The van der Waals surface area contributed by atoms with Crippen LogP contribution in [-0.2, 0) is 6.54 Å². The number of hydrogen-bond acceptors (Lipinski definition) is 4. The summed E-state index contributed by atoms with van der Waals surface area (Å²) in [5.41, 5.74) is 1.84. The predicted molar refractivity (Wildman–Crippen MR) is 118 cm³/mol. The molecule has 4 rings (SSSR count). The number of aromatic nitrogens is 1. The average Bonchev–Trinajstić information content (AvgIpc) is 2.78. The lowest BCUT2D eigenvalue weighted by Gasteiger charge is -2.34. The summed E-state index contributed by atoms with van der Waals surface area (Å²) in [6, 6.07) is 18.5. The van der Waals surface area contributed by atoms with Crippen molar-refractivity contribution in [2.24, 2.45) is 0 Å². The van der Waals surface area contributed by atoms with Crippen LogP contribution in [0.15, 0.2) is 73.1 Å². The number of halogens is 1. The summed E-state index contributed by atoms with van der Waals surface area (Å²) in [6.45, 7) is 3.86. The number of nitrogens with one attached hydrogen (secondary N) is 1. The number of piperazine rings is 1. The van der Waals surface area contributed by atoms with Gasteiger partial charge in [-0.15, -0.1) is 0 Å². The number of benzene rings is 2. The maximum atomic E-state index is 12.8. The molecule has 0 saturated carbocycles. The normalized spacial score (nSPS) is 14.4. The molecule has 2 aromatic carbocycles. The van der Waals surface area contributed by atoms with Crippen LogP contribution in [-0.4, -0.2) is 47.0 Å². The zero-order valence-electron chi connectivity index (χ0n) is 16.5. The standard InChI is InChI=1S/C23H23ClN4O2/c24-19-5-1-3-7-21(19)30-22-8-4-2-6-20(22)26-23(29)28-15-13-27(14-16-28)17-18-9-11-25-12-10-18/h1-12H,13-17H2,(H,26,29). The Morgan fingerprint density at radius 2 is 1.60 bits per heavy atom. The molecule has 1 saturated heterocycles. The molecule has 1 aliphatic heterocycles. The van der Waals surface area contributed by atoms with Crippen LogP contribution in [0.2, 0.25) is 5.02 Å². The molecule has 0 atom stereocenters. The molecule has 0 bridgehead atoms. The van der Waals surface area contributed by atoms with Gasteiger partial charge in [-0.25, -0.2) is 4.79 Å². The summed E-state index contributed by atoms with van der Waals surface area (Å²) in [7, 11) is 0. The van der Waals surface area contributed by atoms with E-state index in [0.29, 0.717) is 35.3 Å². The second kappa shape index (κ2) is 9.61. The molecule has 2 amide bonds. The Balaban J connectivity index is 1.35. The average molecular weight is 423 g/mol. The third-order valence-electron chi connectivity index (χ3n) is 5.00. The van der Waals surface area contributed by atoms with E-state index in [4.69, 9.17) is 16.3 Å². The van der Waals surface area contributed by atoms with Gasteiger partial charge in [0.25, 0.3) is 0 Å². The van der Waals surface area contributed by atoms with Crippen LogP contribution < -0.4 is 10.1 Å². The van der Waals surface area contributed by atoms with E-state index in [1.807, 2.05) is 53.4 Å². The zero-order chi connectivity index (χ0) is 20.8. The summed E-state index contributed by atoms with van der Waals surface area (Å²) >= 11 is 6.20. The molecule has 1 aromatic heterocycles. The van der Waals surface area contributed by atoms with Crippen LogP contribution in [0, 0.1) is 0 Å². The highest BCUT2D eigenvalue weighted by Crippen LogP contribution is 2.33. The van der Waals surface area contributed by atoms with Crippen molar-refractivity contribution in [1.29, 1.82) is 0 Å². The Morgan fingerprint density at radius 1 is 0.933 bits per heavy atom. The van der Waals surface area contributed by atoms with E-state index in [0.717, 1.165) is 19.6 Å². The molecule has 0 radical (unpaired) electrons. The van der Waals surface area contributed by atoms with Gasteiger partial charge >= 0.3 is 6.03 Å². The Hall–Kier alpha value is -3.09. The van der Waals surface area contributed by atoms with Gasteiger partial charge in [0.05, 0.1) is 10.7 Å². The van der Waals surface area contributed by atoms with Gasteiger partial charge in [0, 0.05) is 45.1 Å². The number of anilines is 1. The summed E-state index contributed by atoms with van der Waals surface area (Å²) in [6.07, 6.45) is 3.61. The lowest BCUT2D eigenvalue weighted by molar-refractivity contribution is 0.143. The van der Waals surface area contributed by atoms with E-state index < -0.39 is 0 Å². The Kier molecular flexibility index (Phi) is 6.47. The number of hydrogen-bond donors (Lipinski definition) is 1. The monoisotopic (exact) mass is 422 g/mol. The van der Waals surface area contributed by atoms with Gasteiger partial charge < -0.3 is 15.0 Å². The summed E-state index contributed by atoms with van der Waals surface area (Å²) in [4.78, 5) is 21.0. The van der Waals surface area contributed by atoms with E-state index in [2.05, 4.69) is 15.2 Å². The summed E-state index contributed by atoms with van der Waals surface area (Å²) in [5, 5.41) is 3.49. The lowest BCUT2D eigenvalue weighted by atomic mass is 10.2. The molecule has 0 spiro atoms. The first-order valence-electron chi connectivity index (χ1n) is 9.87. The van der Waals surface area contributed by atoms with Crippen LogP contribution in [0.3, 0.4) is 0 Å². The van der Waals surface area contributed by atoms with Gasteiger partial charge in [0.15, 0.2) is 5.75 Å². The zero-order valence-corrected chi connectivity index (χ0v) is 17.3. The first-order chi connectivity index (χ1) is 14.7. The number of urea groups is 1. The second-order valence-electron chi connectivity index (χ2n) is 7.08. The first-order valence-corrected chi connectivity index (χ1v) is 10.3. The summed E-state index contributed by atoms with van der Waals surface area (Å²) < 4.78 is 5.93. The van der Waals surface area contributed by atoms with Gasteiger partial charge in [0.1, 0.15) is 5.75 Å². The minimum absolute atomic E-state index is 0.131. The molecule has 6 nitrogen and oxygen atoms in total. The van der Waals surface area contributed by atoms with Crippen molar-refractivity contribution in [1.82, 2.24) is 14.8 Å². The van der Waals surface area contributed by atoms with Crippen molar-refractivity contribution >= 4 is 23.3 Å². The maximum absolute atomic E-state index is 12.8. The quantitative estimate of drug-likeness (QED) is 0.636. The molecule has 1 N–H and O–H groups in total. The van der Waals surface area contributed by atoms with Gasteiger partial charge in [0.2, 0.25) is 0 Å². The van der Waals surface area contributed by atoms with Crippen LogP contribution in [0.5, 0.6) is 11.5 Å². The van der Waals surface area contributed by atoms with Crippen LogP contribution in [0.25, 0.3) is 0 Å². The van der Waals surface area contributed by atoms with Crippen molar-refractivity contribution in [2.75, 3.05) is 31.5 Å². The molecule has 1 fully saturated rings. The van der Waals surface area contributed by atoms with Crippen molar-refractivity contribution in [3.05, 3.63) is 83.6 Å². The molecule has 2 heterocycles. The number of ether oxygens (including phenoxy) is 1. The van der Waals surface area contributed by atoms with Crippen LogP contribution in [0.4, 0.5) is 10.5 Å². The number of nitrogens with zero attached hydrogens (tertiary/aromatic N) is 3. The largest absolute Gasteiger partial charge is 0.454 e. The maximum Gasteiger partial charge on any atom is 0.322 e. The van der Waals surface area contributed by atoms with Crippen molar-refractivity contribution < 1.29 is 9.53 Å². The highest BCUT2D eigenvalue weighted by molar-refractivity contribution is 6.32. The summed E-state index contributed by atoms with van der Waals surface area (Å²) in [5.74, 6) is 1.10. The molecule has 1 aliphatic rings. The van der Waals surface area contributed by atoms with Crippen LogP contribution in [0.1, 0.15) is 5.56 Å². The van der Waals surface area contributed by atoms with E-state index in [1.54, 1.807) is 24.5 Å². The third kappa shape index (κ3) is 5.09. The second-order valence-corrected chi connectivity index (χ2v) is 7.48. The minimum atomic E-state index is -0.131. The van der Waals surface area contributed by atoms with E-state index in [1.165, 1.54) is 5.56 Å². The smallest absolute Gasteiger partial charge is 0.322 e. The van der Waals surface area contributed by atoms with Crippen molar-refractivity contribution in [3.8, 4) is 11.5 Å². The van der Waals surface area contributed by atoms with Crippen molar-refractivity contribution in [3.63, 3.8) is 0 Å². The number of carbonyl (C=O) groups is 1. The fourth-order valence-corrected chi connectivity index (χ4v) is 3.53. The molecule has 154 valence electrons. The Bertz CT molecular complexity index is 991. The topological polar surface area (TPSA) is 57.7 Å². The number of amides is 2. The first kappa shape index (κ1) is 20.2. The molecule has 30 heavy (non-hydrogen) atoms.